The molecule has 2 aromatic rings. The third kappa shape index (κ3) is 6.27. The molecule has 6 nitrogen and oxygen atoms in total. The van der Waals surface area contributed by atoms with E-state index in [-0.39, 0.29) is 41.7 Å². The molecule has 206 valence electrons. The van der Waals surface area contributed by atoms with E-state index < -0.39 is 21.8 Å². The first-order valence-electron chi connectivity index (χ1n) is 12.3. The number of hydrogen-bond donors (Lipinski definition) is 2. The van der Waals surface area contributed by atoms with Crippen LogP contribution in [0.25, 0.3) is 0 Å². The molecule has 1 heterocycles. The van der Waals surface area contributed by atoms with E-state index in [1.165, 1.54) is 16.4 Å². The van der Waals surface area contributed by atoms with Crippen LogP contribution in [-0.2, 0) is 15.6 Å². The van der Waals surface area contributed by atoms with Gasteiger partial charge in [0, 0.05) is 48.8 Å². The Bertz CT molecular complexity index is 1160. The molecule has 0 amide bonds. The molecule has 1 aliphatic rings. The monoisotopic (exact) mass is 559 g/mol. The van der Waals surface area contributed by atoms with Gasteiger partial charge < -0.3 is 10.0 Å². The molecule has 37 heavy (non-hydrogen) atoms. The molecule has 2 atom stereocenters. The Kier molecular flexibility index (Phi) is 8.96. The molecule has 3 rings (SSSR count). The molecule has 1 saturated heterocycles. The Labute approximate surface area is 223 Å². The normalized spacial score (nSPS) is 19.6. The summed E-state index contributed by atoms with van der Waals surface area (Å²) in [5, 5.41) is 10.0. The molecule has 0 bridgehead atoms. The fraction of sp³-hybridized carbons (Fsp3) is 0.538. The highest BCUT2D eigenvalue weighted by molar-refractivity contribution is 7.90. The molecule has 0 aliphatic carbocycles. The maximum atomic E-state index is 13.5. The maximum Gasteiger partial charge on any atom is 0.421 e. The van der Waals surface area contributed by atoms with Gasteiger partial charge in [0.15, 0.2) is 5.60 Å². The molecule has 11 heteroatoms. The summed E-state index contributed by atoms with van der Waals surface area (Å²) in [6.45, 7) is 10.4. The highest BCUT2D eigenvalue weighted by Crippen LogP contribution is 2.39. The number of halogens is 3. The van der Waals surface area contributed by atoms with Crippen molar-refractivity contribution in [2.24, 2.45) is 0 Å². The number of thiol groups is 1. The van der Waals surface area contributed by atoms with E-state index in [1.54, 1.807) is 36.4 Å². The summed E-state index contributed by atoms with van der Waals surface area (Å²) in [7, 11) is -3.80. The van der Waals surface area contributed by atoms with Gasteiger partial charge in [-0.15, -0.1) is 12.6 Å². The van der Waals surface area contributed by atoms with Crippen molar-refractivity contribution >= 4 is 28.3 Å². The minimum absolute atomic E-state index is 0.147. The Balaban J connectivity index is 1.95. The van der Waals surface area contributed by atoms with Gasteiger partial charge >= 0.3 is 6.18 Å². The minimum atomic E-state index is -4.81. The van der Waals surface area contributed by atoms with E-state index in [0.717, 1.165) is 6.92 Å². The average molecular weight is 560 g/mol. The summed E-state index contributed by atoms with van der Waals surface area (Å²) in [4.78, 5) is 4.83. The molecule has 1 fully saturated rings. The van der Waals surface area contributed by atoms with Crippen LogP contribution in [0.1, 0.15) is 40.2 Å². The number of alkyl halides is 3. The molecule has 2 aromatic carbocycles. The predicted molar refractivity (Wildman–Crippen MR) is 143 cm³/mol. The third-order valence-corrected chi connectivity index (χ3v) is 9.45. The van der Waals surface area contributed by atoms with Crippen LogP contribution in [0.15, 0.2) is 58.3 Å². The first kappa shape index (κ1) is 29.8. The second kappa shape index (κ2) is 11.1. The van der Waals surface area contributed by atoms with Crippen molar-refractivity contribution < 1.29 is 26.7 Å². The van der Waals surface area contributed by atoms with Crippen molar-refractivity contribution in [2.45, 2.75) is 74.3 Å². The van der Waals surface area contributed by atoms with Crippen molar-refractivity contribution in [1.29, 1.82) is 0 Å². The number of piperazine rings is 1. The van der Waals surface area contributed by atoms with Crippen LogP contribution in [0.2, 0.25) is 0 Å². The standard InChI is InChI=1S/C26H36F3N3O3S2/c1-18(2)32(19(3)4)17-22-16-30(37(34,35)24-9-7-6-8-23(24)36)14-15-31(22)21-12-10-20(11-13-21)25(5,33)26(27,28)29/h6-13,18-19,22,33,36H,14-17H2,1-5H3/t22-,25?/m1/s1. The van der Waals surface area contributed by atoms with Crippen LogP contribution >= 0.6 is 12.6 Å². The molecule has 0 radical (unpaired) electrons. The van der Waals surface area contributed by atoms with Gasteiger partial charge in [0.25, 0.3) is 0 Å². The molecule has 0 spiro atoms. The second-order valence-electron chi connectivity index (χ2n) is 10.2. The van der Waals surface area contributed by atoms with Gasteiger partial charge in [-0.25, -0.2) is 8.42 Å². The summed E-state index contributed by atoms with van der Waals surface area (Å²) >= 11 is 4.35. The van der Waals surface area contributed by atoms with E-state index in [4.69, 9.17) is 0 Å². The lowest BCUT2D eigenvalue weighted by Crippen LogP contribution is -2.59. The van der Waals surface area contributed by atoms with Crippen LogP contribution in [0.5, 0.6) is 0 Å². The molecular formula is C26H36F3N3O3S2. The third-order valence-electron chi connectivity index (χ3n) is 6.99. The molecule has 1 unspecified atom stereocenters. The van der Waals surface area contributed by atoms with Crippen molar-refractivity contribution in [1.82, 2.24) is 9.21 Å². The van der Waals surface area contributed by atoms with E-state index in [0.29, 0.717) is 23.7 Å². The van der Waals surface area contributed by atoms with E-state index in [9.17, 15) is 26.7 Å². The zero-order valence-electron chi connectivity index (χ0n) is 21.8. The summed E-state index contributed by atoms with van der Waals surface area (Å²) in [6.07, 6.45) is -4.81. The van der Waals surface area contributed by atoms with Gasteiger partial charge in [-0.05, 0) is 64.4 Å². The number of rotatable bonds is 8. The van der Waals surface area contributed by atoms with Crippen molar-refractivity contribution in [3.05, 3.63) is 54.1 Å². The first-order valence-corrected chi connectivity index (χ1v) is 14.2. The number of nitrogens with zero attached hydrogens (tertiary/aromatic N) is 3. The lowest BCUT2D eigenvalue weighted by Gasteiger charge is -2.45. The van der Waals surface area contributed by atoms with Gasteiger partial charge in [0.1, 0.15) is 0 Å². The Morgan fingerprint density at radius 3 is 2.11 bits per heavy atom. The largest absolute Gasteiger partial charge is 0.421 e. The highest BCUT2D eigenvalue weighted by Gasteiger charge is 2.51. The summed E-state index contributed by atoms with van der Waals surface area (Å²) in [6, 6.07) is 12.4. The van der Waals surface area contributed by atoms with Gasteiger partial charge in [0.2, 0.25) is 10.0 Å². The fourth-order valence-electron chi connectivity index (χ4n) is 4.76. The number of anilines is 1. The van der Waals surface area contributed by atoms with Gasteiger partial charge in [-0.3, -0.25) is 4.90 Å². The fourth-order valence-corrected chi connectivity index (χ4v) is 6.82. The van der Waals surface area contributed by atoms with Crippen molar-refractivity contribution in [3.8, 4) is 0 Å². The highest BCUT2D eigenvalue weighted by atomic mass is 32.2. The molecule has 0 saturated carbocycles. The number of benzene rings is 2. The smallest absolute Gasteiger partial charge is 0.376 e. The average Bonchev–Trinajstić information content (AvgIpc) is 2.81. The Morgan fingerprint density at radius 2 is 1.59 bits per heavy atom. The van der Waals surface area contributed by atoms with Crippen LogP contribution in [0.4, 0.5) is 18.9 Å². The van der Waals surface area contributed by atoms with Crippen LogP contribution < -0.4 is 4.90 Å². The Morgan fingerprint density at radius 1 is 1.03 bits per heavy atom. The molecule has 0 aromatic heterocycles. The van der Waals surface area contributed by atoms with Crippen LogP contribution in [-0.4, -0.2) is 73.2 Å². The van der Waals surface area contributed by atoms with Crippen molar-refractivity contribution in [2.75, 3.05) is 31.1 Å². The Hall–Kier alpha value is -1.79. The second-order valence-corrected chi connectivity index (χ2v) is 12.6. The van der Waals surface area contributed by atoms with E-state index >= 15 is 0 Å². The molecule has 1 N–H and O–H groups in total. The summed E-state index contributed by atoms with van der Waals surface area (Å²) in [5.74, 6) is 0. The van der Waals surface area contributed by atoms with Gasteiger partial charge in [-0.1, -0.05) is 24.3 Å². The molecular weight excluding hydrogens is 523 g/mol. The van der Waals surface area contributed by atoms with Gasteiger partial charge in [-0.2, -0.15) is 17.5 Å². The lowest BCUT2D eigenvalue weighted by molar-refractivity contribution is -0.258. The topological polar surface area (TPSA) is 64.1 Å². The summed E-state index contributed by atoms with van der Waals surface area (Å²) < 4.78 is 68.4. The zero-order valence-corrected chi connectivity index (χ0v) is 23.5. The zero-order chi connectivity index (χ0) is 27.8. The number of hydrogen-bond acceptors (Lipinski definition) is 6. The predicted octanol–water partition coefficient (Wildman–Crippen LogP) is 4.74. The minimum Gasteiger partial charge on any atom is -0.376 e. The van der Waals surface area contributed by atoms with E-state index in [2.05, 4.69) is 45.2 Å². The lowest BCUT2D eigenvalue weighted by atomic mass is 9.95. The maximum absolute atomic E-state index is 13.5. The van der Waals surface area contributed by atoms with Crippen LogP contribution in [0, 0.1) is 0 Å². The SMILES string of the molecule is CC(C)N(C[C@H]1CN(S(=O)(=O)c2ccccc2S)CCN1c1ccc(C(C)(O)C(F)(F)F)cc1)C(C)C. The molecule has 1 aliphatic heterocycles. The van der Waals surface area contributed by atoms with Crippen LogP contribution in [0.3, 0.4) is 0 Å². The first-order chi connectivity index (χ1) is 17.1. The van der Waals surface area contributed by atoms with Crippen molar-refractivity contribution in [3.63, 3.8) is 0 Å². The van der Waals surface area contributed by atoms with Gasteiger partial charge in [0.05, 0.1) is 10.9 Å². The quantitative estimate of drug-likeness (QED) is 0.458. The number of sulfonamides is 1. The number of aliphatic hydroxyl groups is 1. The summed E-state index contributed by atoms with van der Waals surface area (Å²) in [5.41, 5.74) is -2.55. The van der Waals surface area contributed by atoms with E-state index in [1.807, 2.05) is 4.90 Å².